The van der Waals surface area contributed by atoms with Gasteiger partial charge in [-0.2, -0.15) is 5.10 Å². The third kappa shape index (κ3) is 3.69. The Morgan fingerprint density at radius 1 is 1.40 bits per heavy atom. The van der Waals surface area contributed by atoms with E-state index in [-0.39, 0.29) is 11.9 Å². The first kappa shape index (κ1) is 17.5. The van der Waals surface area contributed by atoms with E-state index < -0.39 is 5.60 Å². The van der Waals surface area contributed by atoms with Gasteiger partial charge in [0.1, 0.15) is 11.4 Å². The van der Waals surface area contributed by atoms with E-state index in [1.807, 2.05) is 41.4 Å². The van der Waals surface area contributed by atoms with Crippen LogP contribution in [0.1, 0.15) is 31.7 Å². The highest BCUT2D eigenvalue weighted by molar-refractivity contribution is 5.77. The fourth-order valence-electron chi connectivity index (χ4n) is 3.56. The second-order valence-electron chi connectivity index (χ2n) is 6.64. The summed E-state index contributed by atoms with van der Waals surface area (Å²) in [7, 11) is 1.62. The van der Waals surface area contributed by atoms with Crippen molar-refractivity contribution in [2.24, 2.45) is 0 Å². The maximum atomic E-state index is 12.7. The molecule has 2 atom stereocenters. The number of likely N-dealkylation sites (tertiary alicyclic amines) is 1. The highest BCUT2D eigenvalue weighted by Gasteiger charge is 2.42. The van der Waals surface area contributed by atoms with E-state index >= 15 is 0 Å². The molecule has 1 fully saturated rings. The van der Waals surface area contributed by atoms with E-state index in [0.29, 0.717) is 19.5 Å². The number of hydrogen-bond acceptors (Lipinski definition) is 4. The molecule has 2 aromatic rings. The predicted molar refractivity (Wildman–Crippen MR) is 94.1 cm³/mol. The van der Waals surface area contributed by atoms with Crippen LogP contribution in [-0.2, 0) is 16.9 Å². The summed E-state index contributed by atoms with van der Waals surface area (Å²) < 4.78 is 6.93. The number of carbonyl (C=O) groups excluding carboxylic acids is 1. The molecule has 1 aliphatic heterocycles. The first-order chi connectivity index (χ1) is 12.0. The fourth-order valence-corrected chi connectivity index (χ4v) is 3.56. The number of carbonyl (C=O) groups is 1. The molecule has 0 unspecified atom stereocenters. The van der Waals surface area contributed by atoms with E-state index in [2.05, 4.69) is 5.10 Å². The highest BCUT2D eigenvalue weighted by atomic mass is 16.5. The average Bonchev–Trinajstić information content (AvgIpc) is 3.31. The van der Waals surface area contributed by atoms with Crippen LogP contribution in [0.2, 0.25) is 0 Å². The number of aromatic nitrogens is 2. The van der Waals surface area contributed by atoms with Gasteiger partial charge in [-0.15, -0.1) is 0 Å². The quantitative estimate of drug-likeness (QED) is 0.873. The van der Waals surface area contributed by atoms with Crippen LogP contribution in [0, 0.1) is 0 Å². The number of ether oxygens (including phenoxy) is 1. The van der Waals surface area contributed by atoms with Crippen molar-refractivity contribution in [3.8, 4) is 5.75 Å². The number of aliphatic hydroxyl groups is 1. The van der Waals surface area contributed by atoms with Crippen molar-refractivity contribution in [1.29, 1.82) is 0 Å². The molecule has 0 saturated carbocycles. The summed E-state index contributed by atoms with van der Waals surface area (Å²) in [6.07, 6.45) is 5.65. The van der Waals surface area contributed by atoms with Crippen molar-refractivity contribution < 1.29 is 14.6 Å². The lowest BCUT2D eigenvalue weighted by atomic mass is 9.86. The third-order valence-electron chi connectivity index (χ3n) is 5.01. The number of amides is 1. The fraction of sp³-hybridized carbons (Fsp3) is 0.474. The predicted octanol–water partition coefficient (Wildman–Crippen LogP) is 2.18. The molecule has 1 aliphatic rings. The Bertz CT molecular complexity index is 695. The van der Waals surface area contributed by atoms with Crippen LogP contribution in [-0.4, -0.2) is 45.4 Å². The molecule has 134 valence electrons. The normalized spacial score (nSPS) is 19.6. The minimum Gasteiger partial charge on any atom is -0.497 e. The average molecular weight is 343 g/mol. The molecular weight excluding hydrogens is 318 g/mol. The topological polar surface area (TPSA) is 67.6 Å². The Kier molecular flexibility index (Phi) is 5.08. The van der Waals surface area contributed by atoms with Gasteiger partial charge in [-0.25, -0.2) is 0 Å². The summed E-state index contributed by atoms with van der Waals surface area (Å²) in [6.45, 7) is 3.03. The second-order valence-corrected chi connectivity index (χ2v) is 6.64. The molecule has 1 saturated heterocycles. The van der Waals surface area contributed by atoms with E-state index in [4.69, 9.17) is 4.74 Å². The molecule has 6 nitrogen and oxygen atoms in total. The number of benzene rings is 1. The molecule has 25 heavy (non-hydrogen) atoms. The Hall–Kier alpha value is -2.34. The second kappa shape index (κ2) is 7.27. The van der Waals surface area contributed by atoms with Crippen LogP contribution in [0.4, 0.5) is 0 Å². The Morgan fingerprint density at radius 2 is 2.16 bits per heavy atom. The van der Waals surface area contributed by atoms with Crippen molar-refractivity contribution in [3.63, 3.8) is 0 Å². The van der Waals surface area contributed by atoms with Crippen LogP contribution < -0.4 is 4.74 Å². The van der Waals surface area contributed by atoms with Gasteiger partial charge in [-0.3, -0.25) is 9.48 Å². The minimum absolute atomic E-state index is 0.0618. The van der Waals surface area contributed by atoms with Crippen molar-refractivity contribution in [1.82, 2.24) is 14.7 Å². The first-order valence-corrected chi connectivity index (χ1v) is 8.66. The zero-order chi connectivity index (χ0) is 17.9. The molecule has 0 bridgehead atoms. The minimum atomic E-state index is -1.09. The van der Waals surface area contributed by atoms with Crippen LogP contribution in [0.25, 0.3) is 0 Å². The number of nitrogens with zero attached hydrogens (tertiary/aromatic N) is 3. The SMILES string of the molecule is COc1ccc([C@](C)(O)[C@H]2CCCN2C(=O)CCn2cccn2)cc1. The van der Waals surface area contributed by atoms with Crippen LogP contribution in [0.3, 0.4) is 0 Å². The summed E-state index contributed by atoms with van der Waals surface area (Å²) in [5.41, 5.74) is -0.297. The molecule has 1 N–H and O–H groups in total. The van der Waals surface area contributed by atoms with Crippen molar-refractivity contribution in [2.75, 3.05) is 13.7 Å². The van der Waals surface area contributed by atoms with Crippen molar-refractivity contribution in [3.05, 3.63) is 48.3 Å². The van der Waals surface area contributed by atoms with Gasteiger partial charge in [0.05, 0.1) is 13.2 Å². The van der Waals surface area contributed by atoms with Crippen LogP contribution in [0.15, 0.2) is 42.7 Å². The van der Waals surface area contributed by atoms with Gasteiger partial charge in [0.25, 0.3) is 0 Å². The van der Waals surface area contributed by atoms with E-state index in [1.54, 1.807) is 24.9 Å². The zero-order valence-electron chi connectivity index (χ0n) is 14.8. The lowest BCUT2D eigenvalue weighted by Crippen LogP contribution is -2.48. The summed E-state index contributed by atoms with van der Waals surface area (Å²) in [6, 6.07) is 9.03. The third-order valence-corrected chi connectivity index (χ3v) is 5.01. The molecule has 0 aliphatic carbocycles. The maximum absolute atomic E-state index is 12.7. The van der Waals surface area contributed by atoms with Gasteiger partial charge in [0, 0.05) is 31.9 Å². The first-order valence-electron chi connectivity index (χ1n) is 8.66. The number of rotatable bonds is 6. The summed E-state index contributed by atoms with van der Waals surface area (Å²) in [5.74, 6) is 0.810. The molecule has 1 aromatic carbocycles. The standard InChI is InChI=1S/C19H25N3O3/c1-19(24,15-6-8-16(25-2)9-7-15)17-5-3-13-22(17)18(23)10-14-21-12-4-11-20-21/h4,6-9,11-12,17,24H,3,5,10,13-14H2,1-2H3/t17-,19+/m1/s1. The van der Waals surface area contributed by atoms with Crippen molar-refractivity contribution in [2.45, 2.75) is 44.4 Å². The van der Waals surface area contributed by atoms with Gasteiger partial charge in [-0.05, 0) is 43.5 Å². The Morgan fingerprint density at radius 3 is 2.80 bits per heavy atom. The number of aryl methyl sites for hydroxylation is 1. The maximum Gasteiger partial charge on any atom is 0.224 e. The molecule has 3 rings (SSSR count). The monoisotopic (exact) mass is 343 g/mol. The van der Waals surface area contributed by atoms with Gasteiger partial charge >= 0.3 is 0 Å². The molecule has 0 spiro atoms. The zero-order valence-corrected chi connectivity index (χ0v) is 14.8. The van der Waals surface area contributed by atoms with Gasteiger partial charge in [-0.1, -0.05) is 12.1 Å². The molecule has 1 aromatic heterocycles. The van der Waals surface area contributed by atoms with E-state index in [9.17, 15) is 9.90 Å². The van der Waals surface area contributed by atoms with Gasteiger partial charge in [0.2, 0.25) is 5.91 Å². The summed E-state index contributed by atoms with van der Waals surface area (Å²) >= 11 is 0. The number of methoxy groups -OCH3 is 1. The summed E-state index contributed by atoms with van der Waals surface area (Å²) in [5, 5.41) is 15.3. The molecule has 6 heteroatoms. The molecular formula is C19H25N3O3. The van der Waals surface area contributed by atoms with E-state index in [1.165, 1.54) is 0 Å². The summed E-state index contributed by atoms with van der Waals surface area (Å²) in [4.78, 5) is 14.5. The number of hydrogen-bond donors (Lipinski definition) is 1. The lowest BCUT2D eigenvalue weighted by Gasteiger charge is -2.37. The van der Waals surface area contributed by atoms with E-state index in [0.717, 1.165) is 24.2 Å². The van der Waals surface area contributed by atoms with Gasteiger partial charge < -0.3 is 14.7 Å². The lowest BCUT2D eigenvalue weighted by molar-refractivity contribution is -0.138. The smallest absolute Gasteiger partial charge is 0.224 e. The van der Waals surface area contributed by atoms with Crippen LogP contribution >= 0.6 is 0 Å². The molecule has 0 radical (unpaired) electrons. The largest absolute Gasteiger partial charge is 0.497 e. The highest BCUT2D eigenvalue weighted by Crippen LogP contribution is 2.35. The molecule has 1 amide bonds. The van der Waals surface area contributed by atoms with Gasteiger partial charge in [0.15, 0.2) is 0 Å². The Labute approximate surface area is 148 Å². The molecule has 2 heterocycles. The van der Waals surface area contributed by atoms with Crippen LogP contribution in [0.5, 0.6) is 5.75 Å². The Balaban J connectivity index is 1.71. The van der Waals surface area contributed by atoms with Crippen molar-refractivity contribution >= 4 is 5.91 Å².